The average molecular weight is 298 g/mol. The molecule has 2 N–H and O–H groups in total. The molecule has 1 heterocycles. The maximum absolute atomic E-state index is 5.87. The molecule has 0 saturated heterocycles. The first kappa shape index (κ1) is 14.8. The number of aromatic nitrogens is 2. The van der Waals surface area contributed by atoms with Crippen molar-refractivity contribution in [3.63, 3.8) is 0 Å². The van der Waals surface area contributed by atoms with Crippen molar-refractivity contribution in [3.05, 3.63) is 29.0 Å². The van der Waals surface area contributed by atoms with Crippen LogP contribution in [0.4, 0.5) is 5.69 Å². The summed E-state index contributed by atoms with van der Waals surface area (Å²) in [5, 5.41) is 4.39. The zero-order valence-corrected chi connectivity index (χ0v) is 11.9. The topological polar surface area (TPSA) is 83.4 Å². The van der Waals surface area contributed by atoms with Crippen molar-refractivity contribution in [1.82, 2.24) is 10.1 Å². The molecule has 6 nitrogen and oxygen atoms in total. The summed E-state index contributed by atoms with van der Waals surface area (Å²) in [4.78, 5) is 4.28. The number of methoxy groups -OCH3 is 1. The molecule has 0 radical (unpaired) electrons. The van der Waals surface area contributed by atoms with Crippen LogP contribution in [0.15, 0.2) is 22.7 Å². The molecule has 0 aliphatic carbocycles. The molecular formula is C13H16ClN3O3. The summed E-state index contributed by atoms with van der Waals surface area (Å²) in [5.41, 5.74) is 6.96. The van der Waals surface area contributed by atoms with Crippen LogP contribution in [-0.4, -0.2) is 37.1 Å². The zero-order valence-electron chi connectivity index (χ0n) is 11.1. The Kier molecular flexibility index (Phi) is 5.34. The van der Waals surface area contributed by atoms with E-state index in [4.69, 9.17) is 31.3 Å². The molecule has 0 fully saturated rings. The number of benzene rings is 1. The third kappa shape index (κ3) is 3.93. The van der Waals surface area contributed by atoms with E-state index in [1.165, 1.54) is 0 Å². The molecule has 2 rings (SSSR count). The van der Waals surface area contributed by atoms with Crippen LogP contribution >= 0.6 is 11.6 Å². The summed E-state index contributed by atoms with van der Waals surface area (Å²) in [5.74, 6) is 1.01. The van der Waals surface area contributed by atoms with E-state index in [2.05, 4.69) is 10.1 Å². The molecule has 0 saturated carbocycles. The fourth-order valence-corrected chi connectivity index (χ4v) is 1.67. The standard InChI is InChI=1S/C13H16ClN3O3/c1-18-6-7-19-5-4-12-16-13(20-17-12)9-2-3-10(14)11(15)8-9/h2-3,8H,4-7,15H2,1H3. The smallest absolute Gasteiger partial charge is 0.257 e. The molecule has 0 aliphatic heterocycles. The number of rotatable bonds is 7. The number of anilines is 1. The fourth-order valence-electron chi connectivity index (χ4n) is 1.56. The van der Waals surface area contributed by atoms with Crippen molar-refractivity contribution < 1.29 is 14.0 Å². The van der Waals surface area contributed by atoms with Gasteiger partial charge in [-0.2, -0.15) is 4.98 Å². The third-order valence-electron chi connectivity index (χ3n) is 2.61. The Morgan fingerprint density at radius 3 is 2.90 bits per heavy atom. The third-order valence-corrected chi connectivity index (χ3v) is 2.96. The molecule has 0 atom stereocenters. The van der Waals surface area contributed by atoms with Gasteiger partial charge in [0.15, 0.2) is 5.82 Å². The summed E-state index contributed by atoms with van der Waals surface area (Å²) >= 11 is 5.87. The fraction of sp³-hybridized carbons (Fsp3) is 0.385. The Morgan fingerprint density at radius 2 is 2.15 bits per heavy atom. The number of hydrogen-bond acceptors (Lipinski definition) is 6. The minimum Gasteiger partial charge on any atom is -0.398 e. The maximum Gasteiger partial charge on any atom is 0.257 e. The van der Waals surface area contributed by atoms with Crippen LogP contribution in [0.5, 0.6) is 0 Å². The van der Waals surface area contributed by atoms with Gasteiger partial charge in [-0.1, -0.05) is 16.8 Å². The van der Waals surface area contributed by atoms with Gasteiger partial charge >= 0.3 is 0 Å². The molecular weight excluding hydrogens is 282 g/mol. The summed E-state index contributed by atoms with van der Waals surface area (Å²) in [6.45, 7) is 1.64. The van der Waals surface area contributed by atoms with E-state index < -0.39 is 0 Å². The Labute approximate surface area is 121 Å². The molecule has 0 aliphatic rings. The van der Waals surface area contributed by atoms with Crippen molar-refractivity contribution >= 4 is 17.3 Å². The van der Waals surface area contributed by atoms with Gasteiger partial charge in [0.25, 0.3) is 5.89 Å². The molecule has 20 heavy (non-hydrogen) atoms. The second-order valence-corrected chi connectivity index (χ2v) is 4.51. The zero-order chi connectivity index (χ0) is 14.4. The Balaban J connectivity index is 1.93. The largest absolute Gasteiger partial charge is 0.398 e. The van der Waals surface area contributed by atoms with Gasteiger partial charge in [-0.3, -0.25) is 0 Å². The minimum atomic E-state index is 0.417. The summed E-state index contributed by atoms with van der Waals surface area (Å²) in [6, 6.07) is 5.18. The Bertz CT molecular complexity index is 560. The van der Waals surface area contributed by atoms with E-state index >= 15 is 0 Å². The highest BCUT2D eigenvalue weighted by atomic mass is 35.5. The van der Waals surface area contributed by atoms with Crippen molar-refractivity contribution in [3.8, 4) is 11.5 Å². The maximum atomic E-state index is 5.87. The van der Waals surface area contributed by atoms with Crippen LogP contribution in [0.3, 0.4) is 0 Å². The average Bonchev–Trinajstić information content (AvgIpc) is 2.90. The van der Waals surface area contributed by atoms with E-state index in [0.29, 0.717) is 48.7 Å². The van der Waals surface area contributed by atoms with Gasteiger partial charge < -0.3 is 19.7 Å². The van der Waals surface area contributed by atoms with Crippen LogP contribution in [0.2, 0.25) is 5.02 Å². The number of ether oxygens (including phenoxy) is 2. The summed E-state index contributed by atoms with van der Waals surface area (Å²) in [6.07, 6.45) is 0.580. The molecule has 108 valence electrons. The highest BCUT2D eigenvalue weighted by Crippen LogP contribution is 2.25. The number of nitrogens with zero attached hydrogens (tertiary/aromatic N) is 2. The second-order valence-electron chi connectivity index (χ2n) is 4.11. The molecule has 0 bridgehead atoms. The first-order valence-electron chi connectivity index (χ1n) is 6.15. The first-order chi connectivity index (χ1) is 9.70. The van der Waals surface area contributed by atoms with Crippen LogP contribution in [0.1, 0.15) is 5.82 Å². The molecule has 0 amide bonds. The van der Waals surface area contributed by atoms with Gasteiger partial charge in [0.05, 0.1) is 30.5 Å². The summed E-state index contributed by atoms with van der Waals surface area (Å²) < 4.78 is 15.4. The molecule has 2 aromatic rings. The number of nitrogen functional groups attached to an aromatic ring is 1. The van der Waals surface area contributed by atoms with E-state index in [9.17, 15) is 0 Å². The molecule has 1 aromatic heterocycles. The van der Waals surface area contributed by atoms with Crippen molar-refractivity contribution in [2.75, 3.05) is 32.7 Å². The number of nitrogens with two attached hydrogens (primary N) is 1. The lowest BCUT2D eigenvalue weighted by molar-refractivity contribution is 0.0714. The van der Waals surface area contributed by atoms with Gasteiger partial charge in [-0.05, 0) is 18.2 Å². The predicted octanol–water partition coefficient (Wildman–Crippen LogP) is 2.18. The number of halogens is 1. The lowest BCUT2D eigenvalue weighted by atomic mass is 10.2. The van der Waals surface area contributed by atoms with E-state index in [1.54, 1.807) is 25.3 Å². The van der Waals surface area contributed by atoms with Gasteiger partial charge in [0, 0.05) is 19.1 Å². The predicted molar refractivity (Wildman–Crippen MR) is 75.6 cm³/mol. The van der Waals surface area contributed by atoms with Crippen LogP contribution in [-0.2, 0) is 15.9 Å². The van der Waals surface area contributed by atoms with Crippen molar-refractivity contribution in [2.24, 2.45) is 0 Å². The molecule has 0 unspecified atom stereocenters. The monoisotopic (exact) mass is 297 g/mol. The first-order valence-corrected chi connectivity index (χ1v) is 6.53. The molecule has 1 aromatic carbocycles. The van der Waals surface area contributed by atoms with E-state index in [-0.39, 0.29) is 0 Å². The SMILES string of the molecule is COCCOCCc1noc(-c2ccc(Cl)c(N)c2)n1. The van der Waals surface area contributed by atoms with E-state index in [0.717, 1.165) is 5.56 Å². The second kappa shape index (κ2) is 7.23. The van der Waals surface area contributed by atoms with Gasteiger partial charge in [-0.15, -0.1) is 0 Å². The normalized spacial score (nSPS) is 10.9. The molecule has 0 spiro atoms. The minimum absolute atomic E-state index is 0.417. The van der Waals surface area contributed by atoms with Gasteiger partial charge in [0.2, 0.25) is 0 Å². The lowest BCUT2D eigenvalue weighted by Gasteiger charge is -2.00. The number of hydrogen-bond donors (Lipinski definition) is 1. The van der Waals surface area contributed by atoms with Crippen LogP contribution in [0.25, 0.3) is 11.5 Å². The van der Waals surface area contributed by atoms with E-state index in [1.807, 2.05) is 0 Å². The quantitative estimate of drug-likeness (QED) is 0.623. The highest BCUT2D eigenvalue weighted by molar-refractivity contribution is 6.33. The highest BCUT2D eigenvalue weighted by Gasteiger charge is 2.10. The van der Waals surface area contributed by atoms with Crippen molar-refractivity contribution in [1.29, 1.82) is 0 Å². The summed E-state index contributed by atoms with van der Waals surface area (Å²) in [7, 11) is 1.63. The van der Waals surface area contributed by atoms with Gasteiger partial charge in [-0.25, -0.2) is 0 Å². The Hall–Kier alpha value is -1.63. The van der Waals surface area contributed by atoms with Crippen LogP contribution < -0.4 is 5.73 Å². The van der Waals surface area contributed by atoms with Gasteiger partial charge in [0.1, 0.15) is 0 Å². The lowest BCUT2D eigenvalue weighted by Crippen LogP contribution is -2.05. The molecule has 7 heteroatoms. The van der Waals surface area contributed by atoms with Crippen LogP contribution in [0, 0.1) is 0 Å². The Morgan fingerprint density at radius 1 is 1.30 bits per heavy atom. The van der Waals surface area contributed by atoms with Crippen molar-refractivity contribution in [2.45, 2.75) is 6.42 Å².